The van der Waals surface area contributed by atoms with Crippen LogP contribution in [0.1, 0.15) is 18.9 Å². The molecule has 0 bridgehead atoms. The number of rotatable bonds is 5. The van der Waals surface area contributed by atoms with Crippen molar-refractivity contribution in [3.8, 4) is 11.8 Å². The second kappa shape index (κ2) is 7.59. The van der Waals surface area contributed by atoms with E-state index in [9.17, 15) is 4.79 Å². The Morgan fingerprint density at radius 1 is 1.58 bits per heavy atom. The van der Waals surface area contributed by atoms with Crippen molar-refractivity contribution < 1.29 is 9.53 Å². The summed E-state index contributed by atoms with van der Waals surface area (Å²) in [5, 5.41) is 11.4. The molecule has 0 aliphatic carbocycles. The molecule has 1 amide bonds. The molecule has 0 heterocycles. The number of nitrogens with zero attached hydrogens (tertiary/aromatic N) is 1. The molecule has 0 atom stereocenters. The van der Waals surface area contributed by atoms with E-state index in [0.717, 1.165) is 10.9 Å². The lowest BCUT2D eigenvalue weighted by atomic mass is 10.1. The van der Waals surface area contributed by atoms with Crippen molar-refractivity contribution in [1.82, 2.24) is 5.32 Å². The molecule has 0 saturated heterocycles. The minimum atomic E-state index is -0.413. The highest BCUT2D eigenvalue weighted by molar-refractivity contribution is 9.10. The van der Waals surface area contributed by atoms with Crippen molar-refractivity contribution in [3.63, 3.8) is 0 Å². The van der Waals surface area contributed by atoms with Crippen LogP contribution in [-0.4, -0.2) is 19.6 Å². The minimum absolute atomic E-state index is 0.0435. The zero-order valence-electron chi connectivity index (χ0n) is 10.9. The van der Waals surface area contributed by atoms with E-state index in [1.165, 1.54) is 13.1 Å². The fourth-order valence-corrected chi connectivity index (χ4v) is 1.79. The lowest BCUT2D eigenvalue weighted by Crippen LogP contribution is -2.19. The molecule has 0 aliphatic rings. The van der Waals surface area contributed by atoms with Crippen LogP contribution in [0.5, 0.6) is 5.75 Å². The fourth-order valence-electron chi connectivity index (χ4n) is 1.41. The average molecular weight is 323 g/mol. The van der Waals surface area contributed by atoms with Gasteiger partial charge >= 0.3 is 0 Å². The summed E-state index contributed by atoms with van der Waals surface area (Å²) in [5.74, 6) is 0.241. The maximum atomic E-state index is 11.5. The van der Waals surface area contributed by atoms with E-state index >= 15 is 0 Å². The molecular formula is C14H15BrN2O2. The predicted molar refractivity (Wildman–Crippen MR) is 77.6 cm³/mol. The Morgan fingerprint density at radius 3 is 2.89 bits per heavy atom. The quantitative estimate of drug-likeness (QED) is 0.669. The first-order valence-corrected chi connectivity index (χ1v) is 6.68. The maximum Gasteiger partial charge on any atom is 0.261 e. The first-order chi connectivity index (χ1) is 9.12. The lowest BCUT2D eigenvalue weighted by Gasteiger charge is -2.09. The summed E-state index contributed by atoms with van der Waals surface area (Å²) < 4.78 is 6.45. The third kappa shape index (κ3) is 4.42. The van der Waals surface area contributed by atoms with Crippen molar-refractivity contribution in [2.45, 2.75) is 13.3 Å². The molecule has 19 heavy (non-hydrogen) atoms. The van der Waals surface area contributed by atoms with Crippen LogP contribution in [0.2, 0.25) is 0 Å². The maximum absolute atomic E-state index is 11.5. The number of nitrogens with one attached hydrogen (secondary N) is 1. The van der Waals surface area contributed by atoms with E-state index in [4.69, 9.17) is 10.00 Å². The zero-order valence-corrected chi connectivity index (χ0v) is 12.5. The molecule has 0 radical (unpaired) electrons. The molecule has 1 aromatic carbocycles. The third-order valence-electron chi connectivity index (χ3n) is 2.33. The van der Waals surface area contributed by atoms with Gasteiger partial charge in [-0.25, -0.2) is 0 Å². The largest absolute Gasteiger partial charge is 0.493 e. The van der Waals surface area contributed by atoms with Gasteiger partial charge in [0.25, 0.3) is 5.91 Å². The summed E-state index contributed by atoms with van der Waals surface area (Å²) >= 11 is 3.36. The lowest BCUT2D eigenvalue weighted by molar-refractivity contribution is -0.116. The molecule has 4 nitrogen and oxygen atoms in total. The average Bonchev–Trinajstić information content (AvgIpc) is 2.43. The first kappa shape index (κ1) is 15.3. The van der Waals surface area contributed by atoms with E-state index in [1.54, 1.807) is 0 Å². The van der Waals surface area contributed by atoms with Crippen molar-refractivity contribution in [2.75, 3.05) is 13.7 Å². The predicted octanol–water partition coefficient (Wildman–Crippen LogP) is 2.89. The van der Waals surface area contributed by atoms with Crippen LogP contribution in [0.15, 0.2) is 28.2 Å². The number of likely N-dealkylation sites (N-methyl/N-ethyl adjacent to an activating group) is 1. The number of carbonyl (C=O) groups is 1. The molecule has 1 N–H and O–H groups in total. The van der Waals surface area contributed by atoms with Gasteiger partial charge < -0.3 is 10.1 Å². The topological polar surface area (TPSA) is 62.1 Å². The van der Waals surface area contributed by atoms with Crippen LogP contribution in [0.4, 0.5) is 0 Å². The van der Waals surface area contributed by atoms with Gasteiger partial charge in [0, 0.05) is 17.1 Å². The summed E-state index contributed by atoms with van der Waals surface area (Å²) in [4.78, 5) is 11.5. The van der Waals surface area contributed by atoms with Gasteiger partial charge in [-0.05, 0) is 30.7 Å². The first-order valence-electron chi connectivity index (χ1n) is 5.88. The number of hydrogen-bond donors (Lipinski definition) is 1. The summed E-state index contributed by atoms with van der Waals surface area (Å²) in [7, 11) is 1.49. The molecule has 100 valence electrons. The summed E-state index contributed by atoms with van der Waals surface area (Å²) in [6.45, 7) is 2.60. The van der Waals surface area contributed by atoms with Gasteiger partial charge in [0.15, 0.2) is 0 Å². The van der Waals surface area contributed by atoms with E-state index in [2.05, 4.69) is 21.2 Å². The second-order valence-electron chi connectivity index (χ2n) is 3.78. The molecule has 5 heteroatoms. The van der Waals surface area contributed by atoms with Crippen molar-refractivity contribution in [2.24, 2.45) is 0 Å². The Balaban J connectivity index is 3.16. The van der Waals surface area contributed by atoms with Gasteiger partial charge in [-0.3, -0.25) is 4.79 Å². The number of nitriles is 1. The van der Waals surface area contributed by atoms with Crippen molar-refractivity contribution in [1.29, 1.82) is 5.26 Å². The van der Waals surface area contributed by atoms with Crippen LogP contribution in [0.25, 0.3) is 6.08 Å². The summed E-state index contributed by atoms with van der Waals surface area (Å²) in [6.07, 6.45) is 2.41. The summed E-state index contributed by atoms with van der Waals surface area (Å²) in [6, 6.07) is 7.36. The molecule has 0 saturated carbocycles. The number of benzene rings is 1. The number of amides is 1. The Bertz CT molecular complexity index is 533. The molecule has 0 aromatic heterocycles. The van der Waals surface area contributed by atoms with Crippen molar-refractivity contribution >= 4 is 27.9 Å². The van der Waals surface area contributed by atoms with Crippen LogP contribution in [0, 0.1) is 11.3 Å². The minimum Gasteiger partial charge on any atom is -0.493 e. The normalized spacial score (nSPS) is 10.7. The molecule has 0 unspecified atom stereocenters. The Morgan fingerprint density at radius 2 is 2.32 bits per heavy atom. The number of ether oxygens (including phenoxy) is 1. The standard InChI is InChI=1S/C14H15BrN2O2/c1-3-6-19-13-5-4-12(15)8-10(13)7-11(9-16)14(18)17-2/h4-5,7-8H,3,6H2,1-2H3,(H,17,18)/b11-7+. The van der Waals surface area contributed by atoms with Crippen LogP contribution in [-0.2, 0) is 4.79 Å². The van der Waals surface area contributed by atoms with Gasteiger partial charge in [-0.1, -0.05) is 22.9 Å². The summed E-state index contributed by atoms with van der Waals surface area (Å²) in [5.41, 5.74) is 0.741. The number of carbonyl (C=O) groups excluding carboxylic acids is 1. The zero-order chi connectivity index (χ0) is 14.3. The molecule has 0 spiro atoms. The Kier molecular flexibility index (Phi) is 6.10. The molecule has 0 aliphatic heterocycles. The van der Waals surface area contributed by atoms with Gasteiger partial charge in [-0.15, -0.1) is 0 Å². The molecule has 1 aromatic rings. The SMILES string of the molecule is CCCOc1ccc(Br)cc1/C=C(\C#N)C(=O)NC. The van der Waals surface area contributed by atoms with Crippen molar-refractivity contribution in [3.05, 3.63) is 33.8 Å². The van der Waals surface area contributed by atoms with E-state index in [1.807, 2.05) is 31.2 Å². The highest BCUT2D eigenvalue weighted by atomic mass is 79.9. The monoisotopic (exact) mass is 322 g/mol. The van der Waals surface area contributed by atoms with Crippen LogP contribution < -0.4 is 10.1 Å². The van der Waals surface area contributed by atoms with E-state index in [-0.39, 0.29) is 5.57 Å². The van der Waals surface area contributed by atoms with E-state index < -0.39 is 5.91 Å². The van der Waals surface area contributed by atoms with Gasteiger partial charge in [0.2, 0.25) is 0 Å². The number of halogens is 1. The Hall–Kier alpha value is -1.80. The Labute approximate surface area is 121 Å². The van der Waals surface area contributed by atoms with Crippen LogP contribution in [0.3, 0.4) is 0 Å². The van der Waals surface area contributed by atoms with E-state index in [0.29, 0.717) is 17.9 Å². The fraction of sp³-hybridized carbons (Fsp3) is 0.286. The van der Waals surface area contributed by atoms with Gasteiger partial charge in [0.05, 0.1) is 6.61 Å². The van der Waals surface area contributed by atoms with Crippen LogP contribution >= 0.6 is 15.9 Å². The highest BCUT2D eigenvalue weighted by Crippen LogP contribution is 2.25. The van der Waals surface area contributed by atoms with Gasteiger partial charge in [-0.2, -0.15) is 5.26 Å². The molecule has 0 fully saturated rings. The van der Waals surface area contributed by atoms with Gasteiger partial charge in [0.1, 0.15) is 17.4 Å². The third-order valence-corrected chi connectivity index (χ3v) is 2.82. The second-order valence-corrected chi connectivity index (χ2v) is 4.70. The smallest absolute Gasteiger partial charge is 0.261 e. The molecule has 1 rings (SSSR count). The number of hydrogen-bond acceptors (Lipinski definition) is 3. The molecular weight excluding hydrogens is 308 g/mol. The highest BCUT2D eigenvalue weighted by Gasteiger charge is 2.09.